The van der Waals surface area contributed by atoms with Crippen molar-refractivity contribution in [2.45, 2.75) is 32.7 Å². The Balaban J connectivity index is 2.07. The van der Waals surface area contributed by atoms with Gasteiger partial charge in [-0.05, 0) is 55.5 Å². The lowest BCUT2D eigenvalue weighted by Crippen LogP contribution is -2.40. The highest BCUT2D eigenvalue weighted by atomic mass is 35.5. The van der Waals surface area contributed by atoms with E-state index in [9.17, 15) is 0 Å². The fourth-order valence-corrected chi connectivity index (χ4v) is 3.42. The van der Waals surface area contributed by atoms with E-state index in [2.05, 4.69) is 18.7 Å². The number of hydrogen-bond acceptors (Lipinski definition) is 2. The summed E-state index contributed by atoms with van der Waals surface area (Å²) in [7, 11) is 0. The van der Waals surface area contributed by atoms with Gasteiger partial charge in [-0.3, -0.25) is 4.90 Å². The molecule has 0 bridgehead atoms. The van der Waals surface area contributed by atoms with Crippen LogP contribution in [0.1, 0.15) is 38.3 Å². The second kappa shape index (κ2) is 7.13. The van der Waals surface area contributed by atoms with Gasteiger partial charge in [0.25, 0.3) is 0 Å². The number of piperidine rings is 1. The van der Waals surface area contributed by atoms with Gasteiger partial charge in [-0.1, -0.05) is 43.1 Å². The first-order chi connectivity index (χ1) is 9.52. The molecule has 1 saturated heterocycles. The molecule has 1 fully saturated rings. The summed E-state index contributed by atoms with van der Waals surface area (Å²) < 4.78 is 0. The Kier molecular flexibility index (Phi) is 5.74. The van der Waals surface area contributed by atoms with E-state index in [1.54, 1.807) is 0 Å². The average molecular weight is 315 g/mol. The van der Waals surface area contributed by atoms with Crippen molar-refractivity contribution in [2.75, 3.05) is 19.6 Å². The summed E-state index contributed by atoms with van der Waals surface area (Å²) in [4.78, 5) is 2.48. The van der Waals surface area contributed by atoms with E-state index < -0.39 is 0 Å². The van der Waals surface area contributed by atoms with Crippen LogP contribution in [0.25, 0.3) is 0 Å². The lowest BCUT2D eigenvalue weighted by Gasteiger charge is -2.38. The fraction of sp³-hybridized carbons (Fsp3) is 0.625. The number of nitrogens with two attached hydrogens (primary N) is 1. The van der Waals surface area contributed by atoms with E-state index >= 15 is 0 Å². The molecule has 1 heterocycles. The molecule has 0 aliphatic carbocycles. The lowest BCUT2D eigenvalue weighted by atomic mass is 9.86. The highest BCUT2D eigenvalue weighted by Crippen LogP contribution is 2.32. The van der Waals surface area contributed by atoms with Gasteiger partial charge < -0.3 is 5.73 Å². The lowest BCUT2D eigenvalue weighted by molar-refractivity contribution is 0.117. The minimum atomic E-state index is 0.248. The zero-order valence-electron chi connectivity index (χ0n) is 12.3. The summed E-state index contributed by atoms with van der Waals surface area (Å²) >= 11 is 12.1. The van der Waals surface area contributed by atoms with Crippen LogP contribution < -0.4 is 5.73 Å². The summed E-state index contributed by atoms with van der Waals surface area (Å²) in [6, 6.07) is 6.11. The van der Waals surface area contributed by atoms with Crippen LogP contribution in [-0.4, -0.2) is 24.5 Å². The second-order valence-electron chi connectivity index (χ2n) is 6.04. The van der Waals surface area contributed by atoms with E-state index in [4.69, 9.17) is 28.9 Å². The first kappa shape index (κ1) is 16.1. The van der Waals surface area contributed by atoms with Crippen LogP contribution in [0.5, 0.6) is 0 Å². The van der Waals surface area contributed by atoms with E-state index in [1.165, 1.54) is 18.4 Å². The molecule has 0 saturated carbocycles. The number of halogens is 2. The topological polar surface area (TPSA) is 29.3 Å². The SMILES string of the molecule is CC(C)C1CCN(C(CN)c2ccc(Cl)c(Cl)c2)CC1. The molecule has 0 radical (unpaired) electrons. The Morgan fingerprint density at radius 2 is 1.85 bits per heavy atom. The largest absolute Gasteiger partial charge is 0.329 e. The van der Waals surface area contributed by atoms with E-state index in [0.29, 0.717) is 16.6 Å². The third-order valence-corrected chi connectivity index (χ3v) is 5.25. The monoisotopic (exact) mass is 314 g/mol. The molecule has 1 atom stereocenters. The molecular formula is C16H24Cl2N2. The summed E-state index contributed by atoms with van der Waals surface area (Å²) in [6.45, 7) is 7.49. The molecule has 1 aliphatic rings. The zero-order valence-corrected chi connectivity index (χ0v) is 13.8. The standard InChI is InChI=1S/C16H24Cl2N2/c1-11(2)12-5-7-20(8-6-12)16(10-19)13-3-4-14(17)15(18)9-13/h3-4,9,11-12,16H,5-8,10,19H2,1-2H3. The first-order valence-corrected chi connectivity index (χ1v) is 8.17. The highest BCUT2D eigenvalue weighted by molar-refractivity contribution is 6.42. The third-order valence-electron chi connectivity index (χ3n) is 4.51. The molecule has 1 unspecified atom stereocenters. The third kappa shape index (κ3) is 3.67. The molecule has 1 aromatic rings. The molecule has 0 amide bonds. The van der Waals surface area contributed by atoms with Gasteiger partial charge in [-0.2, -0.15) is 0 Å². The van der Waals surface area contributed by atoms with Crippen LogP contribution >= 0.6 is 23.2 Å². The number of likely N-dealkylation sites (tertiary alicyclic amines) is 1. The average Bonchev–Trinajstić information content (AvgIpc) is 2.44. The Morgan fingerprint density at radius 1 is 1.20 bits per heavy atom. The quantitative estimate of drug-likeness (QED) is 0.894. The number of benzene rings is 1. The van der Waals surface area contributed by atoms with Crippen LogP contribution in [-0.2, 0) is 0 Å². The maximum Gasteiger partial charge on any atom is 0.0595 e. The van der Waals surface area contributed by atoms with Gasteiger partial charge in [0, 0.05) is 12.6 Å². The molecule has 2 nitrogen and oxygen atoms in total. The molecule has 2 N–H and O–H groups in total. The second-order valence-corrected chi connectivity index (χ2v) is 6.86. The van der Waals surface area contributed by atoms with Gasteiger partial charge in [0.05, 0.1) is 10.0 Å². The Hall–Kier alpha value is -0.280. The van der Waals surface area contributed by atoms with Crippen molar-refractivity contribution >= 4 is 23.2 Å². The van der Waals surface area contributed by atoms with Crippen molar-refractivity contribution in [3.63, 3.8) is 0 Å². The normalized spacial score (nSPS) is 19.5. The Morgan fingerprint density at radius 3 is 2.35 bits per heavy atom. The molecule has 0 spiro atoms. The van der Waals surface area contributed by atoms with Gasteiger partial charge in [0.15, 0.2) is 0 Å². The van der Waals surface area contributed by atoms with Gasteiger partial charge in [0.2, 0.25) is 0 Å². The molecule has 1 aromatic carbocycles. The number of rotatable bonds is 4. The maximum atomic E-state index is 6.13. The maximum absolute atomic E-state index is 6.13. The van der Waals surface area contributed by atoms with Crippen molar-refractivity contribution in [1.29, 1.82) is 0 Å². The van der Waals surface area contributed by atoms with Gasteiger partial charge >= 0.3 is 0 Å². The number of hydrogen-bond donors (Lipinski definition) is 1. The van der Waals surface area contributed by atoms with Crippen molar-refractivity contribution in [3.8, 4) is 0 Å². The van der Waals surface area contributed by atoms with Crippen molar-refractivity contribution in [1.82, 2.24) is 4.90 Å². The van der Waals surface area contributed by atoms with Crippen molar-refractivity contribution in [3.05, 3.63) is 33.8 Å². The first-order valence-electron chi connectivity index (χ1n) is 7.42. The van der Waals surface area contributed by atoms with E-state index in [0.717, 1.165) is 24.9 Å². The van der Waals surface area contributed by atoms with Crippen LogP contribution in [0.2, 0.25) is 10.0 Å². The van der Waals surface area contributed by atoms with Crippen LogP contribution in [0, 0.1) is 11.8 Å². The van der Waals surface area contributed by atoms with Crippen LogP contribution in [0.3, 0.4) is 0 Å². The summed E-state index contributed by atoms with van der Waals surface area (Å²) in [5, 5.41) is 1.21. The molecule has 1 aliphatic heterocycles. The summed E-state index contributed by atoms with van der Waals surface area (Å²) in [5.74, 6) is 1.62. The van der Waals surface area contributed by atoms with Gasteiger partial charge in [0.1, 0.15) is 0 Å². The van der Waals surface area contributed by atoms with Crippen molar-refractivity contribution < 1.29 is 0 Å². The molecule has 112 valence electrons. The van der Waals surface area contributed by atoms with Crippen molar-refractivity contribution in [2.24, 2.45) is 17.6 Å². The minimum absolute atomic E-state index is 0.248. The molecular weight excluding hydrogens is 291 g/mol. The van der Waals surface area contributed by atoms with E-state index in [-0.39, 0.29) is 6.04 Å². The number of nitrogens with zero attached hydrogens (tertiary/aromatic N) is 1. The minimum Gasteiger partial charge on any atom is -0.329 e. The molecule has 20 heavy (non-hydrogen) atoms. The van der Waals surface area contributed by atoms with Gasteiger partial charge in [-0.25, -0.2) is 0 Å². The molecule has 4 heteroatoms. The van der Waals surface area contributed by atoms with Crippen LogP contribution in [0.4, 0.5) is 0 Å². The summed E-state index contributed by atoms with van der Waals surface area (Å²) in [5.41, 5.74) is 7.17. The van der Waals surface area contributed by atoms with Gasteiger partial charge in [-0.15, -0.1) is 0 Å². The fourth-order valence-electron chi connectivity index (χ4n) is 3.11. The highest BCUT2D eigenvalue weighted by Gasteiger charge is 2.26. The molecule has 0 aromatic heterocycles. The predicted octanol–water partition coefficient (Wildman–Crippen LogP) is 4.36. The Bertz CT molecular complexity index is 440. The van der Waals surface area contributed by atoms with E-state index in [1.807, 2.05) is 18.2 Å². The zero-order chi connectivity index (χ0) is 14.7. The van der Waals surface area contributed by atoms with Crippen LogP contribution in [0.15, 0.2) is 18.2 Å². The predicted molar refractivity (Wildman–Crippen MR) is 87.4 cm³/mol. The smallest absolute Gasteiger partial charge is 0.0595 e. The molecule has 2 rings (SSSR count). The summed E-state index contributed by atoms with van der Waals surface area (Å²) in [6.07, 6.45) is 2.52. The Labute approximate surface area is 132 Å².